The van der Waals surface area contributed by atoms with Gasteiger partial charge in [-0.3, -0.25) is 4.98 Å². The fraction of sp³-hybridized carbons (Fsp3) is 0.417. The molecular formula is C12H14N4O. The van der Waals surface area contributed by atoms with Gasteiger partial charge < -0.3 is 9.84 Å². The molecule has 1 unspecified atom stereocenters. The third-order valence-electron chi connectivity index (χ3n) is 3.01. The third kappa shape index (κ3) is 2.19. The number of hydrogen-bond donors (Lipinski definition) is 1. The van der Waals surface area contributed by atoms with Crippen LogP contribution in [0.1, 0.15) is 24.6 Å². The van der Waals surface area contributed by atoms with Crippen LogP contribution in [0.3, 0.4) is 0 Å². The molecule has 88 valence electrons. The summed E-state index contributed by atoms with van der Waals surface area (Å²) in [5.41, 5.74) is 0.870. The van der Waals surface area contributed by atoms with E-state index in [2.05, 4.69) is 20.4 Å². The summed E-state index contributed by atoms with van der Waals surface area (Å²) >= 11 is 0. The van der Waals surface area contributed by atoms with E-state index in [-0.39, 0.29) is 0 Å². The predicted octanol–water partition coefficient (Wildman–Crippen LogP) is 1.60. The number of nitrogens with zero attached hydrogens (tertiary/aromatic N) is 3. The van der Waals surface area contributed by atoms with Crippen molar-refractivity contribution in [3.05, 3.63) is 30.4 Å². The van der Waals surface area contributed by atoms with Crippen molar-refractivity contribution >= 4 is 0 Å². The zero-order valence-corrected chi connectivity index (χ0v) is 9.47. The Balaban J connectivity index is 1.83. The minimum atomic E-state index is 0.373. The van der Waals surface area contributed by atoms with Crippen LogP contribution in [0.2, 0.25) is 0 Å². The molecule has 1 fully saturated rings. The van der Waals surface area contributed by atoms with Crippen LogP contribution >= 0.6 is 0 Å². The summed E-state index contributed by atoms with van der Waals surface area (Å²) in [6.07, 6.45) is 5.75. The van der Waals surface area contributed by atoms with E-state index >= 15 is 0 Å². The molecular weight excluding hydrogens is 216 g/mol. The van der Waals surface area contributed by atoms with Gasteiger partial charge in [-0.2, -0.15) is 4.98 Å². The summed E-state index contributed by atoms with van der Waals surface area (Å²) in [4.78, 5) is 8.49. The summed E-state index contributed by atoms with van der Waals surface area (Å²) in [6.45, 7) is 2.02. The molecule has 3 heterocycles. The van der Waals surface area contributed by atoms with Crippen LogP contribution in [0.5, 0.6) is 0 Å². The van der Waals surface area contributed by atoms with Gasteiger partial charge in [0, 0.05) is 24.9 Å². The second-order valence-electron chi connectivity index (χ2n) is 4.24. The minimum Gasteiger partial charge on any atom is -0.334 e. The molecule has 0 saturated carbocycles. The first-order valence-electron chi connectivity index (χ1n) is 5.88. The van der Waals surface area contributed by atoms with Crippen LogP contribution in [0.4, 0.5) is 0 Å². The van der Waals surface area contributed by atoms with Gasteiger partial charge in [0.05, 0.1) is 5.56 Å². The Morgan fingerprint density at radius 1 is 1.41 bits per heavy atom. The van der Waals surface area contributed by atoms with Crippen LogP contribution in [0.25, 0.3) is 11.5 Å². The molecule has 17 heavy (non-hydrogen) atoms. The average molecular weight is 230 g/mol. The third-order valence-corrected chi connectivity index (χ3v) is 3.01. The first-order chi connectivity index (χ1) is 8.43. The highest BCUT2D eigenvalue weighted by atomic mass is 16.5. The maximum absolute atomic E-state index is 5.28. The number of pyridine rings is 1. The molecule has 0 radical (unpaired) electrons. The summed E-state index contributed by atoms with van der Waals surface area (Å²) < 4.78 is 5.28. The molecule has 1 aliphatic rings. The fourth-order valence-corrected chi connectivity index (χ4v) is 2.08. The van der Waals surface area contributed by atoms with Gasteiger partial charge >= 0.3 is 0 Å². The lowest BCUT2D eigenvalue weighted by molar-refractivity contribution is 0.393. The SMILES string of the molecule is c1cncc(-c2nc(C3CCCNC3)no2)c1. The molecule has 0 bridgehead atoms. The molecule has 1 saturated heterocycles. The molecule has 5 heteroatoms. The lowest BCUT2D eigenvalue weighted by atomic mass is 9.99. The fourth-order valence-electron chi connectivity index (χ4n) is 2.08. The van der Waals surface area contributed by atoms with E-state index in [1.54, 1.807) is 12.4 Å². The van der Waals surface area contributed by atoms with Gasteiger partial charge in [0.15, 0.2) is 5.82 Å². The minimum absolute atomic E-state index is 0.373. The van der Waals surface area contributed by atoms with Gasteiger partial charge in [0.25, 0.3) is 5.89 Å². The summed E-state index contributed by atoms with van der Waals surface area (Å²) in [7, 11) is 0. The Bertz CT molecular complexity index is 476. The highest BCUT2D eigenvalue weighted by Gasteiger charge is 2.20. The molecule has 0 spiro atoms. The Kier molecular flexibility index (Phi) is 2.83. The first kappa shape index (κ1) is 10.4. The predicted molar refractivity (Wildman–Crippen MR) is 62.4 cm³/mol. The summed E-state index contributed by atoms with van der Waals surface area (Å²) in [5.74, 6) is 1.73. The van der Waals surface area contributed by atoms with Crippen LogP contribution in [0, 0.1) is 0 Å². The van der Waals surface area contributed by atoms with E-state index in [9.17, 15) is 0 Å². The molecule has 2 aromatic rings. The molecule has 5 nitrogen and oxygen atoms in total. The summed E-state index contributed by atoms with van der Waals surface area (Å²) in [6, 6.07) is 3.78. The Hall–Kier alpha value is -1.75. The Morgan fingerprint density at radius 3 is 3.18 bits per heavy atom. The monoisotopic (exact) mass is 230 g/mol. The van der Waals surface area contributed by atoms with E-state index in [0.717, 1.165) is 30.9 Å². The Labute approximate surface area is 99.3 Å². The van der Waals surface area contributed by atoms with Gasteiger partial charge in [-0.1, -0.05) is 5.16 Å². The highest BCUT2D eigenvalue weighted by molar-refractivity contribution is 5.50. The van der Waals surface area contributed by atoms with E-state index in [1.807, 2.05) is 12.1 Å². The maximum Gasteiger partial charge on any atom is 0.259 e. The van der Waals surface area contributed by atoms with Gasteiger partial charge in [-0.15, -0.1) is 0 Å². The lowest BCUT2D eigenvalue weighted by Gasteiger charge is -2.19. The topological polar surface area (TPSA) is 63.8 Å². The zero-order chi connectivity index (χ0) is 11.5. The quantitative estimate of drug-likeness (QED) is 0.849. The second-order valence-corrected chi connectivity index (χ2v) is 4.24. The number of nitrogens with one attached hydrogen (secondary N) is 1. The van der Waals surface area contributed by atoms with Crippen LogP contribution in [-0.4, -0.2) is 28.2 Å². The standard InChI is InChI=1S/C12H14N4O/c1-3-9(7-13-5-1)11-15-12(17-16-11)10-4-2-6-14-8-10/h2,4,6,8-9,13H,1,3,5,7H2. The van der Waals surface area contributed by atoms with Crippen molar-refractivity contribution in [1.29, 1.82) is 0 Å². The molecule has 0 aliphatic carbocycles. The van der Waals surface area contributed by atoms with Crippen LogP contribution in [-0.2, 0) is 0 Å². The second kappa shape index (κ2) is 4.63. The van der Waals surface area contributed by atoms with Gasteiger partial charge in [0.1, 0.15) is 0 Å². The lowest BCUT2D eigenvalue weighted by Crippen LogP contribution is -2.28. The summed E-state index contributed by atoms with van der Waals surface area (Å²) in [5, 5.41) is 7.41. The number of aromatic nitrogens is 3. The first-order valence-corrected chi connectivity index (χ1v) is 5.88. The average Bonchev–Trinajstić information content (AvgIpc) is 2.90. The van der Waals surface area contributed by atoms with Gasteiger partial charge in [-0.25, -0.2) is 0 Å². The van der Waals surface area contributed by atoms with E-state index in [1.165, 1.54) is 6.42 Å². The molecule has 0 aromatic carbocycles. The molecule has 1 aliphatic heterocycles. The molecule has 1 N–H and O–H groups in total. The van der Waals surface area contributed by atoms with Crippen LogP contribution in [0.15, 0.2) is 29.0 Å². The van der Waals surface area contributed by atoms with Crippen molar-refractivity contribution in [2.75, 3.05) is 13.1 Å². The van der Waals surface area contributed by atoms with E-state index < -0.39 is 0 Å². The number of hydrogen-bond acceptors (Lipinski definition) is 5. The number of piperidine rings is 1. The van der Waals surface area contributed by atoms with E-state index in [0.29, 0.717) is 11.8 Å². The molecule has 3 rings (SSSR count). The van der Waals surface area contributed by atoms with Gasteiger partial charge in [0.2, 0.25) is 0 Å². The van der Waals surface area contributed by atoms with Crippen molar-refractivity contribution in [2.24, 2.45) is 0 Å². The van der Waals surface area contributed by atoms with Crippen molar-refractivity contribution in [2.45, 2.75) is 18.8 Å². The van der Waals surface area contributed by atoms with Crippen LogP contribution < -0.4 is 5.32 Å². The van der Waals surface area contributed by atoms with Gasteiger partial charge in [-0.05, 0) is 31.5 Å². The Morgan fingerprint density at radius 2 is 2.41 bits per heavy atom. The highest BCUT2D eigenvalue weighted by Crippen LogP contribution is 2.23. The normalized spacial score (nSPS) is 20.4. The largest absolute Gasteiger partial charge is 0.334 e. The molecule has 1 atom stereocenters. The van der Waals surface area contributed by atoms with Crippen molar-refractivity contribution < 1.29 is 4.52 Å². The van der Waals surface area contributed by atoms with Crippen molar-refractivity contribution in [1.82, 2.24) is 20.4 Å². The zero-order valence-electron chi connectivity index (χ0n) is 9.47. The van der Waals surface area contributed by atoms with E-state index in [4.69, 9.17) is 4.52 Å². The smallest absolute Gasteiger partial charge is 0.259 e. The maximum atomic E-state index is 5.28. The number of rotatable bonds is 2. The van der Waals surface area contributed by atoms with Crippen molar-refractivity contribution in [3.8, 4) is 11.5 Å². The van der Waals surface area contributed by atoms with Crippen molar-refractivity contribution in [3.63, 3.8) is 0 Å². The molecule has 0 amide bonds. The molecule has 2 aromatic heterocycles.